The van der Waals surface area contributed by atoms with Gasteiger partial charge in [-0.15, -0.1) is 0 Å². The summed E-state index contributed by atoms with van der Waals surface area (Å²) in [6, 6.07) is 0. The number of hydrogen-bond acceptors (Lipinski definition) is 7. The molecule has 0 aromatic rings. The zero-order valence-corrected chi connectivity index (χ0v) is 19.4. The molecule has 0 heterocycles. The van der Waals surface area contributed by atoms with Gasteiger partial charge in [0.1, 0.15) is 11.9 Å². The Morgan fingerprint density at radius 3 is 2.13 bits per heavy atom. The number of ether oxygens (including phenoxy) is 2. The van der Waals surface area contributed by atoms with Crippen molar-refractivity contribution >= 4 is 27.8 Å². The number of nitrogens with one attached hydrogen (secondary N) is 1. The van der Waals surface area contributed by atoms with Crippen molar-refractivity contribution in [3.05, 3.63) is 0 Å². The average Bonchev–Trinajstić information content (AvgIpc) is 2.55. The third-order valence-corrected chi connectivity index (χ3v) is 5.37. The number of amides is 1. The second-order valence-corrected chi connectivity index (χ2v) is 9.66. The molecule has 0 rings (SSSR count). The first-order valence-electron chi connectivity index (χ1n) is 10.3. The zero-order chi connectivity index (χ0) is 23.2. The van der Waals surface area contributed by atoms with Crippen molar-refractivity contribution < 1.29 is 36.8 Å². The van der Waals surface area contributed by atoms with E-state index in [1.807, 2.05) is 0 Å². The van der Waals surface area contributed by atoms with E-state index in [9.17, 15) is 22.8 Å². The SMILES string of the molecule is COCCCCC(=O)OC(CCCC(C)=O)CCCC(=O)NC(C)(C)CS(=O)(=O)O. The molecule has 0 aromatic heterocycles. The number of carbonyl (C=O) groups is 3. The van der Waals surface area contributed by atoms with Gasteiger partial charge in [0.2, 0.25) is 5.91 Å². The molecule has 30 heavy (non-hydrogen) atoms. The Hall–Kier alpha value is -1.52. The molecule has 1 unspecified atom stereocenters. The summed E-state index contributed by atoms with van der Waals surface area (Å²) in [5, 5.41) is 2.58. The van der Waals surface area contributed by atoms with Crippen LogP contribution in [-0.4, -0.2) is 61.7 Å². The maximum Gasteiger partial charge on any atom is 0.306 e. The van der Waals surface area contributed by atoms with E-state index in [0.29, 0.717) is 45.1 Å². The molecule has 0 saturated heterocycles. The van der Waals surface area contributed by atoms with Gasteiger partial charge in [-0.1, -0.05) is 0 Å². The summed E-state index contributed by atoms with van der Waals surface area (Å²) < 4.78 is 41.5. The van der Waals surface area contributed by atoms with Crippen molar-refractivity contribution in [2.24, 2.45) is 0 Å². The Bertz CT molecular complexity index is 645. The second-order valence-electron chi connectivity index (χ2n) is 8.21. The van der Waals surface area contributed by atoms with Crippen molar-refractivity contribution in [3.63, 3.8) is 0 Å². The molecular formula is C20H37NO8S. The molecule has 0 aliphatic carbocycles. The average molecular weight is 452 g/mol. The van der Waals surface area contributed by atoms with Crippen LogP contribution in [0.25, 0.3) is 0 Å². The van der Waals surface area contributed by atoms with E-state index in [4.69, 9.17) is 14.0 Å². The molecule has 176 valence electrons. The van der Waals surface area contributed by atoms with Gasteiger partial charge in [-0.25, -0.2) is 0 Å². The van der Waals surface area contributed by atoms with E-state index >= 15 is 0 Å². The number of carbonyl (C=O) groups excluding carboxylic acids is 3. The summed E-state index contributed by atoms with van der Waals surface area (Å²) in [7, 11) is -2.61. The van der Waals surface area contributed by atoms with Crippen LogP contribution in [0.3, 0.4) is 0 Å². The van der Waals surface area contributed by atoms with Crippen LogP contribution in [0.2, 0.25) is 0 Å². The molecule has 0 aliphatic heterocycles. The number of ketones is 1. The third kappa shape index (κ3) is 17.3. The van der Waals surface area contributed by atoms with E-state index < -0.39 is 21.4 Å². The van der Waals surface area contributed by atoms with Gasteiger partial charge in [-0.05, 0) is 59.3 Å². The maximum atomic E-state index is 12.1. The van der Waals surface area contributed by atoms with Crippen molar-refractivity contribution in [2.75, 3.05) is 19.5 Å². The van der Waals surface area contributed by atoms with Gasteiger partial charge < -0.3 is 19.6 Å². The van der Waals surface area contributed by atoms with Crippen LogP contribution in [0.1, 0.15) is 78.6 Å². The summed E-state index contributed by atoms with van der Waals surface area (Å²) in [6.45, 7) is 5.11. The highest BCUT2D eigenvalue weighted by Crippen LogP contribution is 2.15. The van der Waals surface area contributed by atoms with Crippen LogP contribution in [-0.2, 0) is 34.0 Å². The van der Waals surface area contributed by atoms with Crippen LogP contribution >= 0.6 is 0 Å². The van der Waals surface area contributed by atoms with Crippen LogP contribution < -0.4 is 5.32 Å². The van der Waals surface area contributed by atoms with E-state index in [0.717, 1.165) is 6.42 Å². The summed E-state index contributed by atoms with van der Waals surface area (Å²) in [4.78, 5) is 35.3. The number of Topliss-reactive ketones (excluding diaryl/α,β-unsaturated/α-hetero) is 1. The fourth-order valence-corrected chi connectivity index (χ4v) is 4.01. The Kier molecular flexibility index (Phi) is 13.7. The largest absolute Gasteiger partial charge is 0.462 e. The van der Waals surface area contributed by atoms with Crippen molar-refractivity contribution in [1.82, 2.24) is 5.32 Å². The van der Waals surface area contributed by atoms with Crippen LogP contribution in [0.15, 0.2) is 0 Å². The Balaban J connectivity index is 4.51. The molecule has 0 radical (unpaired) electrons. The zero-order valence-electron chi connectivity index (χ0n) is 18.6. The number of rotatable bonds is 17. The minimum Gasteiger partial charge on any atom is -0.462 e. The van der Waals surface area contributed by atoms with Gasteiger partial charge in [0.05, 0.1) is 11.3 Å². The van der Waals surface area contributed by atoms with Gasteiger partial charge in [0.25, 0.3) is 10.1 Å². The lowest BCUT2D eigenvalue weighted by Gasteiger charge is -2.25. The summed E-state index contributed by atoms with van der Waals surface area (Å²) in [5.41, 5.74) is -1.10. The highest BCUT2D eigenvalue weighted by atomic mass is 32.2. The molecule has 1 atom stereocenters. The first-order chi connectivity index (χ1) is 13.8. The van der Waals surface area contributed by atoms with Crippen LogP contribution in [0, 0.1) is 0 Å². The molecule has 0 aromatic carbocycles. The predicted octanol–water partition coefficient (Wildman–Crippen LogP) is 2.43. The minimum absolute atomic E-state index is 0.0695. The smallest absolute Gasteiger partial charge is 0.306 e. The third-order valence-electron chi connectivity index (χ3n) is 4.28. The molecule has 1 amide bonds. The molecule has 0 fully saturated rings. The Morgan fingerprint density at radius 1 is 1.00 bits per heavy atom. The van der Waals surface area contributed by atoms with E-state index in [1.54, 1.807) is 7.11 Å². The second kappa shape index (κ2) is 14.5. The lowest BCUT2D eigenvalue weighted by molar-refractivity contribution is -0.150. The quantitative estimate of drug-likeness (QED) is 0.195. The van der Waals surface area contributed by atoms with Crippen molar-refractivity contribution in [3.8, 4) is 0 Å². The highest BCUT2D eigenvalue weighted by Gasteiger charge is 2.26. The monoisotopic (exact) mass is 451 g/mol. The Labute approximate surface area is 180 Å². The maximum absolute atomic E-state index is 12.1. The Morgan fingerprint density at radius 2 is 1.60 bits per heavy atom. The summed E-state index contributed by atoms with van der Waals surface area (Å²) in [5.74, 6) is -1.17. The van der Waals surface area contributed by atoms with Gasteiger partial charge in [0, 0.05) is 33.0 Å². The van der Waals surface area contributed by atoms with Crippen molar-refractivity contribution in [2.45, 2.75) is 90.2 Å². The van der Waals surface area contributed by atoms with Gasteiger partial charge in [0.15, 0.2) is 0 Å². The first kappa shape index (κ1) is 28.5. The number of methoxy groups -OCH3 is 1. The van der Waals surface area contributed by atoms with Crippen molar-refractivity contribution in [1.29, 1.82) is 0 Å². The van der Waals surface area contributed by atoms with Crippen LogP contribution in [0.4, 0.5) is 0 Å². The normalized spacial score (nSPS) is 13.0. The van der Waals surface area contributed by atoms with E-state index in [-0.39, 0.29) is 36.6 Å². The molecule has 2 N–H and O–H groups in total. The molecule has 0 bridgehead atoms. The molecule has 0 aliphatic rings. The van der Waals surface area contributed by atoms with Gasteiger partial charge in [-0.2, -0.15) is 8.42 Å². The fraction of sp³-hybridized carbons (Fsp3) is 0.850. The standard InChI is InChI=1S/C20H37NO8S/c1-16(22)9-7-10-17(29-19(24)13-5-6-14-28-4)11-8-12-18(23)21-20(2,3)15-30(25,26)27/h17H,5-15H2,1-4H3,(H,21,23)(H,25,26,27). The fourth-order valence-electron chi connectivity index (χ4n) is 3.02. The van der Waals surface area contributed by atoms with E-state index in [2.05, 4.69) is 5.32 Å². The highest BCUT2D eigenvalue weighted by molar-refractivity contribution is 7.85. The predicted molar refractivity (Wildman–Crippen MR) is 113 cm³/mol. The minimum atomic E-state index is -4.21. The topological polar surface area (TPSA) is 136 Å². The number of esters is 1. The van der Waals surface area contributed by atoms with Crippen LogP contribution in [0.5, 0.6) is 0 Å². The van der Waals surface area contributed by atoms with Gasteiger partial charge >= 0.3 is 5.97 Å². The van der Waals surface area contributed by atoms with Gasteiger partial charge in [-0.3, -0.25) is 14.1 Å². The lowest BCUT2D eigenvalue weighted by Crippen LogP contribution is -2.48. The first-order valence-corrected chi connectivity index (χ1v) is 11.9. The number of hydrogen-bond donors (Lipinski definition) is 2. The molecule has 9 nitrogen and oxygen atoms in total. The van der Waals surface area contributed by atoms with E-state index in [1.165, 1.54) is 20.8 Å². The number of unbranched alkanes of at least 4 members (excludes halogenated alkanes) is 1. The summed E-state index contributed by atoms with van der Waals surface area (Å²) in [6.07, 6.45) is 3.93. The lowest BCUT2D eigenvalue weighted by atomic mass is 10.0. The molecule has 10 heteroatoms. The summed E-state index contributed by atoms with van der Waals surface area (Å²) >= 11 is 0. The molecule has 0 saturated carbocycles. The molecule has 0 spiro atoms. The molecular weight excluding hydrogens is 414 g/mol.